The van der Waals surface area contributed by atoms with Gasteiger partial charge in [-0.1, -0.05) is 48.5 Å². The van der Waals surface area contributed by atoms with E-state index in [2.05, 4.69) is 5.32 Å². The van der Waals surface area contributed by atoms with E-state index in [1.807, 2.05) is 0 Å². The SMILES string of the molecule is O=C(O)CCC(=O)NC1O[C@H](COCCCN2C(=O)c3ccccc3C2=O)[C@@H](OCCCN2C(=O)c3ccccc3C2=O)[C@H](OCCCN2C(=O)c3ccccc3C2=O)[C@H]1OCCCN1C(=O)c2ccccc2C1=O. The van der Waals surface area contributed by atoms with Crippen molar-refractivity contribution in [2.24, 2.45) is 0 Å². The summed E-state index contributed by atoms with van der Waals surface area (Å²) in [6.45, 7) is -0.628. The van der Waals surface area contributed by atoms with E-state index >= 15 is 0 Å². The van der Waals surface area contributed by atoms with E-state index in [0.29, 0.717) is 11.1 Å². The number of benzene rings is 4. The van der Waals surface area contributed by atoms with Crippen molar-refractivity contribution < 1.29 is 76.7 Å². The molecule has 21 heteroatoms. The van der Waals surface area contributed by atoms with Crippen LogP contribution in [0.2, 0.25) is 0 Å². The van der Waals surface area contributed by atoms with Gasteiger partial charge >= 0.3 is 5.97 Å². The lowest BCUT2D eigenvalue weighted by molar-refractivity contribution is -0.270. The van der Waals surface area contributed by atoms with Crippen LogP contribution in [0.4, 0.5) is 0 Å². The third kappa shape index (κ3) is 10.9. The molecule has 1 saturated heterocycles. The number of hydrogen-bond acceptors (Lipinski definition) is 15. The largest absolute Gasteiger partial charge is 0.481 e. The molecule has 21 nitrogen and oxygen atoms in total. The highest BCUT2D eigenvalue weighted by Crippen LogP contribution is 2.31. The van der Waals surface area contributed by atoms with E-state index in [4.69, 9.17) is 23.7 Å². The fourth-order valence-electron chi connectivity index (χ4n) is 9.81. The number of aliphatic carboxylic acids is 1. The second-order valence-electron chi connectivity index (χ2n) is 18.3. The van der Waals surface area contributed by atoms with Crippen molar-refractivity contribution in [1.82, 2.24) is 24.9 Å². The molecule has 5 aliphatic heterocycles. The van der Waals surface area contributed by atoms with Crippen LogP contribution in [0.15, 0.2) is 97.1 Å². The van der Waals surface area contributed by atoms with Gasteiger partial charge in [-0.15, -0.1) is 0 Å². The molecule has 1 unspecified atom stereocenters. The first-order valence-electron chi connectivity index (χ1n) is 24.7. The Morgan fingerprint density at radius 1 is 0.440 bits per heavy atom. The molecule has 5 atom stereocenters. The van der Waals surface area contributed by atoms with Crippen LogP contribution in [0.3, 0.4) is 0 Å². The third-order valence-electron chi connectivity index (χ3n) is 13.5. The summed E-state index contributed by atoms with van der Waals surface area (Å²) in [6.07, 6.45) is -6.34. The molecule has 1 fully saturated rings. The van der Waals surface area contributed by atoms with Crippen LogP contribution >= 0.6 is 0 Å². The second-order valence-corrected chi connectivity index (χ2v) is 18.3. The van der Waals surface area contributed by atoms with Gasteiger partial charge in [0.2, 0.25) is 5.91 Å². The molecule has 0 aliphatic carbocycles. The van der Waals surface area contributed by atoms with E-state index in [0.717, 1.165) is 19.6 Å². The van der Waals surface area contributed by atoms with Crippen molar-refractivity contribution in [3.63, 3.8) is 0 Å². The molecule has 5 aliphatic rings. The van der Waals surface area contributed by atoms with E-state index in [-0.39, 0.29) is 118 Å². The van der Waals surface area contributed by atoms with Crippen molar-refractivity contribution in [3.05, 3.63) is 142 Å². The predicted octanol–water partition coefficient (Wildman–Crippen LogP) is 3.61. The van der Waals surface area contributed by atoms with Gasteiger partial charge in [-0.25, -0.2) is 0 Å². The number of hydrogen-bond donors (Lipinski definition) is 2. The Bertz CT molecular complexity index is 2800. The highest BCUT2D eigenvalue weighted by Gasteiger charge is 2.49. The maximum absolute atomic E-state index is 13.5. The number of imide groups is 4. The van der Waals surface area contributed by atoms with Crippen LogP contribution in [0.25, 0.3) is 0 Å². The number of fused-ring (bicyclic) bond motifs is 4. The maximum Gasteiger partial charge on any atom is 0.303 e. The zero-order valence-electron chi connectivity index (χ0n) is 40.6. The lowest BCUT2D eigenvalue weighted by Crippen LogP contribution is -2.65. The Hall–Kier alpha value is -7.82. The van der Waals surface area contributed by atoms with Gasteiger partial charge in [0, 0.05) is 59.0 Å². The monoisotopic (exact) mass is 1030 g/mol. The summed E-state index contributed by atoms with van der Waals surface area (Å²) >= 11 is 0. The number of carboxylic acids is 1. The minimum absolute atomic E-state index is 0.0128. The van der Waals surface area contributed by atoms with Crippen LogP contribution in [0, 0.1) is 0 Å². The molecule has 9 rings (SSSR count). The summed E-state index contributed by atoms with van der Waals surface area (Å²) in [5.74, 6) is -5.60. The molecular formula is C54H53N5O16. The molecule has 75 heavy (non-hydrogen) atoms. The van der Waals surface area contributed by atoms with Crippen molar-refractivity contribution in [2.75, 3.05) is 59.2 Å². The number of carbonyl (C=O) groups excluding carboxylic acids is 9. The Labute approximate surface area is 429 Å². The van der Waals surface area contributed by atoms with Crippen LogP contribution in [-0.4, -0.2) is 174 Å². The van der Waals surface area contributed by atoms with Crippen molar-refractivity contribution in [3.8, 4) is 0 Å². The zero-order chi connectivity index (χ0) is 52.8. The Kier molecular flexibility index (Phi) is 16.1. The smallest absolute Gasteiger partial charge is 0.303 e. The average molecular weight is 1030 g/mol. The van der Waals surface area contributed by atoms with E-state index < -0.39 is 103 Å². The minimum atomic E-state index is -1.36. The number of nitrogens with one attached hydrogen (secondary N) is 1. The number of carbonyl (C=O) groups is 10. The number of rotatable bonds is 25. The van der Waals surface area contributed by atoms with Crippen LogP contribution < -0.4 is 5.32 Å². The average Bonchev–Trinajstić information content (AvgIpc) is 4.02. The third-order valence-corrected chi connectivity index (χ3v) is 13.5. The van der Waals surface area contributed by atoms with Crippen LogP contribution in [0.5, 0.6) is 0 Å². The highest BCUT2D eigenvalue weighted by molar-refractivity contribution is 6.23. The van der Waals surface area contributed by atoms with Crippen molar-refractivity contribution >= 4 is 59.1 Å². The molecule has 5 heterocycles. The fourth-order valence-corrected chi connectivity index (χ4v) is 9.81. The van der Waals surface area contributed by atoms with Gasteiger partial charge < -0.3 is 34.1 Å². The van der Waals surface area contributed by atoms with Gasteiger partial charge in [0.25, 0.3) is 47.3 Å². The Balaban J connectivity index is 0.946. The van der Waals surface area contributed by atoms with Crippen molar-refractivity contribution in [1.29, 1.82) is 0 Å². The van der Waals surface area contributed by atoms with E-state index in [1.54, 1.807) is 97.1 Å². The number of ether oxygens (including phenoxy) is 5. The molecule has 0 aromatic heterocycles. The summed E-state index contributed by atoms with van der Waals surface area (Å²) in [5.41, 5.74) is 2.22. The lowest BCUT2D eigenvalue weighted by Gasteiger charge is -2.46. The van der Waals surface area contributed by atoms with E-state index in [1.165, 1.54) is 0 Å². The van der Waals surface area contributed by atoms with Gasteiger partial charge in [0.15, 0.2) is 6.23 Å². The molecule has 0 bridgehead atoms. The molecule has 4 aromatic rings. The van der Waals surface area contributed by atoms with E-state index in [9.17, 15) is 53.1 Å². The minimum Gasteiger partial charge on any atom is -0.481 e. The standard InChI is InChI=1S/C54H53N5O16/c60-41(21-22-42(61)62)55-46-45(74-30-12-26-59-53(69)38-19-7-8-20-39(38)54(59)70)44(73-29-11-25-58-51(67)36-17-5-6-18-37(36)52(58)68)43(72-28-10-24-57-49(65)34-15-3-4-16-35(34)50(57)66)40(75-46)31-71-27-9-23-56-47(63)32-13-1-2-14-33(32)48(56)64/h1-8,13-20,40,43-46H,9-12,21-31H2,(H,55,60)(H,61,62)/t40-,43-,44+,45-,46?/m1/s1. The van der Waals surface area contributed by atoms with Gasteiger partial charge in [0.05, 0.1) is 57.5 Å². The summed E-state index contributed by atoms with van der Waals surface area (Å²) < 4.78 is 32.4. The van der Waals surface area contributed by atoms with Gasteiger partial charge in [0.1, 0.15) is 24.4 Å². The molecule has 9 amide bonds. The first-order chi connectivity index (χ1) is 36.3. The quantitative estimate of drug-likeness (QED) is 0.0710. The van der Waals surface area contributed by atoms with Crippen LogP contribution in [0.1, 0.15) is 121 Å². The first-order valence-corrected chi connectivity index (χ1v) is 24.7. The van der Waals surface area contributed by atoms with Gasteiger partial charge in [-0.3, -0.25) is 67.5 Å². The summed E-state index contributed by atoms with van der Waals surface area (Å²) in [4.78, 5) is 135. The molecule has 0 spiro atoms. The topological polar surface area (TPSA) is 262 Å². The number of amides is 9. The summed E-state index contributed by atoms with van der Waals surface area (Å²) in [7, 11) is 0. The number of nitrogens with zero attached hydrogens (tertiary/aromatic N) is 4. The van der Waals surface area contributed by atoms with Gasteiger partial charge in [-0.05, 0) is 74.2 Å². The Morgan fingerprint density at radius 3 is 1.08 bits per heavy atom. The molecule has 2 N–H and O–H groups in total. The molecular weight excluding hydrogens is 975 g/mol. The normalized spacial score (nSPS) is 20.8. The first kappa shape index (κ1) is 52.1. The Morgan fingerprint density at radius 2 is 0.747 bits per heavy atom. The zero-order valence-corrected chi connectivity index (χ0v) is 40.6. The highest BCUT2D eigenvalue weighted by atomic mass is 16.6. The number of carboxylic acid groups (broad SMARTS) is 1. The van der Waals surface area contributed by atoms with Crippen molar-refractivity contribution in [2.45, 2.75) is 69.2 Å². The lowest BCUT2D eigenvalue weighted by atomic mass is 9.97. The molecule has 0 radical (unpaired) electrons. The molecule has 0 saturated carbocycles. The maximum atomic E-state index is 13.5. The van der Waals surface area contributed by atoms with Gasteiger partial charge in [-0.2, -0.15) is 0 Å². The second kappa shape index (κ2) is 23.2. The van der Waals surface area contributed by atoms with Crippen LogP contribution in [-0.2, 0) is 33.3 Å². The summed E-state index contributed by atoms with van der Waals surface area (Å²) in [5, 5.41) is 12.1. The summed E-state index contributed by atoms with van der Waals surface area (Å²) in [6, 6.07) is 25.9. The molecule has 390 valence electrons. The fraction of sp³-hybridized carbons (Fsp3) is 0.370. The predicted molar refractivity (Wildman–Crippen MR) is 259 cm³/mol. The molecule has 4 aromatic carbocycles.